The number of aryl methyl sites for hydroxylation is 1. The maximum absolute atomic E-state index is 10.7. The maximum atomic E-state index is 10.7. The number of thioether (sulfide) groups is 1. The molecule has 0 unspecified atom stereocenters. The molecule has 0 aromatic carbocycles. The molecule has 7 heteroatoms. The van der Waals surface area contributed by atoms with Crippen LogP contribution in [0.25, 0.3) is 0 Å². The predicted octanol–water partition coefficient (Wildman–Crippen LogP) is 3.42. The minimum atomic E-state index is -0.834. The van der Waals surface area contributed by atoms with E-state index in [-0.39, 0.29) is 6.42 Å². The molecule has 19 heavy (non-hydrogen) atoms. The van der Waals surface area contributed by atoms with Crippen molar-refractivity contribution in [3.63, 3.8) is 0 Å². The zero-order valence-electron chi connectivity index (χ0n) is 10.1. The van der Waals surface area contributed by atoms with Gasteiger partial charge < -0.3 is 5.11 Å². The summed E-state index contributed by atoms with van der Waals surface area (Å²) in [6.07, 6.45) is 1.70. The fourth-order valence-electron chi connectivity index (χ4n) is 1.43. The Hall–Kier alpha value is -1.11. The van der Waals surface area contributed by atoms with Crippen LogP contribution in [0.5, 0.6) is 0 Å². The van der Waals surface area contributed by atoms with Gasteiger partial charge in [0.1, 0.15) is 0 Å². The van der Waals surface area contributed by atoms with Crippen molar-refractivity contribution < 1.29 is 9.90 Å². The number of carboxylic acid groups (broad SMARTS) is 1. The minimum Gasteiger partial charge on any atom is -0.481 e. The van der Waals surface area contributed by atoms with Crippen LogP contribution < -0.4 is 0 Å². The van der Waals surface area contributed by atoms with E-state index < -0.39 is 5.97 Å². The largest absolute Gasteiger partial charge is 0.481 e. The molecule has 2 aromatic heterocycles. The summed E-state index contributed by atoms with van der Waals surface area (Å²) in [6.45, 7) is 1.83. The molecule has 0 saturated carbocycles. The lowest BCUT2D eigenvalue weighted by Crippen LogP contribution is -1.99. The fraction of sp³-hybridized carbons (Fsp3) is 0.250. The van der Waals surface area contributed by atoms with E-state index in [4.69, 9.17) is 16.7 Å². The third kappa shape index (κ3) is 4.19. The molecular weight excluding hydrogens is 304 g/mol. The van der Waals surface area contributed by atoms with Crippen molar-refractivity contribution in [2.75, 3.05) is 0 Å². The molecule has 0 aliphatic heterocycles. The molecule has 0 aliphatic carbocycles. The quantitative estimate of drug-likeness (QED) is 0.857. The zero-order valence-corrected chi connectivity index (χ0v) is 12.5. The highest BCUT2D eigenvalue weighted by Crippen LogP contribution is 2.29. The molecule has 2 aromatic rings. The smallest absolute Gasteiger partial charge is 0.308 e. The molecule has 1 N–H and O–H groups in total. The fourth-order valence-corrected chi connectivity index (χ4v) is 3.74. The Morgan fingerprint density at radius 1 is 1.58 bits per heavy atom. The first-order chi connectivity index (χ1) is 9.04. The van der Waals surface area contributed by atoms with Gasteiger partial charge in [0.05, 0.1) is 17.8 Å². The van der Waals surface area contributed by atoms with Gasteiger partial charge in [0.25, 0.3) is 0 Å². The number of pyridine rings is 1. The summed E-state index contributed by atoms with van der Waals surface area (Å²) >= 11 is 8.84. The van der Waals surface area contributed by atoms with Crippen molar-refractivity contribution in [2.24, 2.45) is 0 Å². The second-order valence-corrected chi connectivity index (χ2v) is 6.56. The molecule has 100 valence electrons. The van der Waals surface area contributed by atoms with Crippen LogP contribution in [0.4, 0.5) is 0 Å². The van der Waals surface area contributed by atoms with Gasteiger partial charge in [-0.25, -0.2) is 4.98 Å². The SMILES string of the molecule is Cc1nc(SCc2cc(Cl)ccn2)sc1CC(=O)O. The molecule has 4 nitrogen and oxygen atoms in total. The van der Waals surface area contributed by atoms with Crippen molar-refractivity contribution >= 4 is 40.7 Å². The Morgan fingerprint density at radius 3 is 3.05 bits per heavy atom. The normalized spacial score (nSPS) is 10.6. The predicted molar refractivity (Wildman–Crippen MR) is 77.0 cm³/mol. The number of carboxylic acids is 1. The van der Waals surface area contributed by atoms with Gasteiger partial charge in [0.15, 0.2) is 4.34 Å². The number of aliphatic carboxylic acids is 1. The van der Waals surface area contributed by atoms with Gasteiger partial charge >= 0.3 is 5.97 Å². The summed E-state index contributed by atoms with van der Waals surface area (Å²) in [7, 11) is 0. The van der Waals surface area contributed by atoms with Crippen molar-refractivity contribution in [1.82, 2.24) is 9.97 Å². The van der Waals surface area contributed by atoms with E-state index in [1.165, 1.54) is 23.1 Å². The van der Waals surface area contributed by atoms with Gasteiger partial charge in [0.2, 0.25) is 0 Å². The Balaban J connectivity index is 2.02. The van der Waals surface area contributed by atoms with E-state index in [0.29, 0.717) is 10.8 Å². The Morgan fingerprint density at radius 2 is 2.37 bits per heavy atom. The highest BCUT2D eigenvalue weighted by molar-refractivity contribution is 8.00. The first-order valence-electron chi connectivity index (χ1n) is 5.46. The zero-order chi connectivity index (χ0) is 13.8. The third-order valence-electron chi connectivity index (χ3n) is 2.31. The highest BCUT2D eigenvalue weighted by atomic mass is 35.5. The molecule has 0 bridgehead atoms. The molecule has 0 spiro atoms. The second-order valence-electron chi connectivity index (χ2n) is 3.81. The van der Waals surface area contributed by atoms with Crippen molar-refractivity contribution in [1.29, 1.82) is 0 Å². The van der Waals surface area contributed by atoms with E-state index in [1.807, 2.05) is 13.0 Å². The van der Waals surface area contributed by atoms with E-state index in [9.17, 15) is 4.79 Å². The van der Waals surface area contributed by atoms with Gasteiger partial charge in [-0.3, -0.25) is 9.78 Å². The van der Waals surface area contributed by atoms with Crippen molar-refractivity contribution in [2.45, 2.75) is 23.4 Å². The number of aromatic nitrogens is 2. The number of hydrogen-bond donors (Lipinski definition) is 1. The lowest BCUT2D eigenvalue weighted by Gasteiger charge is -1.98. The summed E-state index contributed by atoms with van der Waals surface area (Å²) in [6, 6.07) is 3.54. The van der Waals surface area contributed by atoms with Gasteiger partial charge in [0, 0.05) is 21.8 Å². The molecule has 2 rings (SSSR count). The van der Waals surface area contributed by atoms with Crippen LogP contribution in [-0.4, -0.2) is 21.0 Å². The van der Waals surface area contributed by atoms with E-state index in [0.717, 1.165) is 20.6 Å². The van der Waals surface area contributed by atoms with E-state index in [2.05, 4.69) is 9.97 Å². The monoisotopic (exact) mass is 314 g/mol. The minimum absolute atomic E-state index is 0.0273. The summed E-state index contributed by atoms with van der Waals surface area (Å²) in [5.41, 5.74) is 1.67. The number of halogens is 1. The summed E-state index contributed by atoms with van der Waals surface area (Å²) in [5.74, 6) is -0.167. The topological polar surface area (TPSA) is 63.1 Å². The number of thiazole rings is 1. The van der Waals surface area contributed by atoms with Crippen LogP contribution in [-0.2, 0) is 17.0 Å². The molecular formula is C12H11ClN2O2S2. The lowest BCUT2D eigenvalue weighted by atomic mass is 10.3. The lowest BCUT2D eigenvalue weighted by molar-refractivity contribution is -0.136. The van der Waals surface area contributed by atoms with Crippen LogP contribution in [0.3, 0.4) is 0 Å². The second kappa shape index (κ2) is 6.36. The molecule has 0 atom stereocenters. The number of rotatable bonds is 5. The molecule has 0 amide bonds. The van der Waals surface area contributed by atoms with Crippen LogP contribution >= 0.6 is 34.7 Å². The first-order valence-corrected chi connectivity index (χ1v) is 7.64. The maximum Gasteiger partial charge on any atom is 0.308 e. The average Bonchev–Trinajstić information content (AvgIpc) is 2.67. The van der Waals surface area contributed by atoms with Crippen LogP contribution in [0, 0.1) is 6.92 Å². The van der Waals surface area contributed by atoms with E-state index >= 15 is 0 Å². The number of carbonyl (C=O) groups is 1. The van der Waals surface area contributed by atoms with Crippen molar-refractivity contribution in [3.05, 3.63) is 39.6 Å². The van der Waals surface area contributed by atoms with Crippen molar-refractivity contribution in [3.8, 4) is 0 Å². The third-order valence-corrected chi connectivity index (χ3v) is 4.88. The Labute approximate surface area is 123 Å². The average molecular weight is 315 g/mol. The van der Waals surface area contributed by atoms with E-state index in [1.54, 1.807) is 12.3 Å². The summed E-state index contributed by atoms with van der Waals surface area (Å²) in [5, 5.41) is 9.45. The Bertz CT molecular complexity index is 601. The number of hydrogen-bond acceptors (Lipinski definition) is 5. The standard InChI is InChI=1S/C12H11ClN2O2S2/c1-7-10(5-11(16)17)19-12(15-7)18-6-9-4-8(13)2-3-14-9/h2-4H,5-6H2,1H3,(H,16,17). The molecule has 0 aliphatic rings. The van der Waals surface area contributed by atoms with Crippen LogP contribution in [0.15, 0.2) is 22.7 Å². The summed E-state index contributed by atoms with van der Waals surface area (Å²) in [4.78, 5) is 20.1. The van der Waals surface area contributed by atoms with Gasteiger partial charge in [-0.15, -0.1) is 11.3 Å². The van der Waals surface area contributed by atoms with Crippen LogP contribution in [0.2, 0.25) is 5.02 Å². The van der Waals surface area contributed by atoms with Crippen LogP contribution in [0.1, 0.15) is 16.3 Å². The van der Waals surface area contributed by atoms with Gasteiger partial charge in [-0.2, -0.15) is 0 Å². The Kier molecular flexibility index (Phi) is 4.79. The highest BCUT2D eigenvalue weighted by Gasteiger charge is 2.11. The molecule has 0 saturated heterocycles. The molecule has 0 radical (unpaired) electrons. The first kappa shape index (κ1) is 14.3. The van der Waals surface area contributed by atoms with Gasteiger partial charge in [-0.05, 0) is 19.1 Å². The molecule has 0 fully saturated rings. The molecule has 2 heterocycles. The van der Waals surface area contributed by atoms with Gasteiger partial charge in [-0.1, -0.05) is 23.4 Å². The summed E-state index contributed by atoms with van der Waals surface area (Å²) < 4.78 is 0.857. The number of nitrogens with zero attached hydrogens (tertiary/aromatic N) is 2.